The Hall–Kier alpha value is -1.16. The lowest BCUT2D eigenvalue weighted by atomic mass is 10.1. The normalized spacial score (nSPS) is 20.1. The molecule has 0 saturated carbocycles. The van der Waals surface area contributed by atoms with Crippen molar-refractivity contribution in [3.8, 4) is 5.75 Å². The van der Waals surface area contributed by atoms with Gasteiger partial charge in [0.25, 0.3) is 5.37 Å². The van der Waals surface area contributed by atoms with E-state index in [4.69, 9.17) is 27.4 Å². The van der Waals surface area contributed by atoms with E-state index in [0.29, 0.717) is 24.8 Å². The van der Waals surface area contributed by atoms with E-state index in [1.807, 2.05) is 11.8 Å². The lowest BCUT2D eigenvalue weighted by molar-refractivity contribution is -0.500. The van der Waals surface area contributed by atoms with Crippen LogP contribution in [0.15, 0.2) is 29.7 Å². The Kier molecular flexibility index (Phi) is 8.30. The minimum atomic E-state index is -4.06. The molecule has 0 aromatic heterocycles. The monoisotopic (exact) mass is 468 g/mol. The molecule has 0 aliphatic carbocycles. The van der Waals surface area contributed by atoms with Gasteiger partial charge in [0.1, 0.15) is 11.0 Å². The Morgan fingerprint density at radius 3 is 2.50 bits per heavy atom. The molecular formula is C17H22Cl2N2O5S2. The van der Waals surface area contributed by atoms with Crippen LogP contribution in [0.25, 0.3) is 0 Å². The Morgan fingerprint density at radius 2 is 1.96 bits per heavy atom. The van der Waals surface area contributed by atoms with E-state index >= 15 is 0 Å². The zero-order valence-corrected chi connectivity index (χ0v) is 18.6. The van der Waals surface area contributed by atoms with Crippen molar-refractivity contribution in [3.63, 3.8) is 0 Å². The van der Waals surface area contributed by atoms with Crippen LogP contribution in [0.2, 0.25) is 0 Å². The van der Waals surface area contributed by atoms with Crippen LogP contribution in [-0.4, -0.2) is 48.8 Å². The summed E-state index contributed by atoms with van der Waals surface area (Å²) in [6.45, 7) is 4.49. The fraction of sp³-hybridized carbons (Fsp3) is 0.529. The quantitative estimate of drug-likeness (QED) is 0.223. The van der Waals surface area contributed by atoms with Gasteiger partial charge >= 0.3 is 10.1 Å². The molecule has 7 nitrogen and oxygen atoms in total. The maximum Gasteiger partial charge on any atom is 0.312 e. The third-order valence-electron chi connectivity index (χ3n) is 4.48. The van der Waals surface area contributed by atoms with Crippen molar-refractivity contribution in [1.29, 1.82) is 0 Å². The summed E-state index contributed by atoms with van der Waals surface area (Å²) in [6, 6.07) is 4.95. The highest BCUT2D eigenvalue weighted by atomic mass is 35.5. The number of anilines is 1. The molecule has 1 aliphatic rings. The molecule has 156 valence electrons. The summed E-state index contributed by atoms with van der Waals surface area (Å²) in [5.74, 6) is 0.279. The molecule has 1 aromatic carbocycles. The van der Waals surface area contributed by atoms with Gasteiger partial charge in [-0.1, -0.05) is 17.8 Å². The first-order chi connectivity index (χ1) is 13.2. The smallest absolute Gasteiger partial charge is 0.312 e. The van der Waals surface area contributed by atoms with Gasteiger partial charge in [0.2, 0.25) is 0 Å². The van der Waals surface area contributed by atoms with E-state index in [2.05, 4.69) is 0 Å². The number of aryl methyl sites for hydroxylation is 1. The highest BCUT2D eigenvalue weighted by molar-refractivity contribution is 8.02. The molecule has 0 bridgehead atoms. The van der Waals surface area contributed by atoms with Crippen LogP contribution in [0.3, 0.4) is 0 Å². The lowest BCUT2D eigenvalue weighted by Crippen LogP contribution is -2.36. The predicted octanol–water partition coefficient (Wildman–Crippen LogP) is 3.86. The zero-order chi connectivity index (χ0) is 20.9. The summed E-state index contributed by atoms with van der Waals surface area (Å²) in [5.41, 5.74) is 1.71. The van der Waals surface area contributed by atoms with Gasteiger partial charge in [-0.2, -0.15) is 8.42 Å². The minimum absolute atomic E-state index is 0.164. The van der Waals surface area contributed by atoms with Gasteiger partial charge in [-0.3, -0.25) is 10.1 Å². The molecule has 0 N–H and O–H groups in total. The maximum absolute atomic E-state index is 12.7. The molecule has 0 saturated heterocycles. The number of halogens is 2. The van der Waals surface area contributed by atoms with Gasteiger partial charge in [0, 0.05) is 35.5 Å². The van der Waals surface area contributed by atoms with Crippen LogP contribution in [0.4, 0.5) is 5.69 Å². The molecule has 28 heavy (non-hydrogen) atoms. The fourth-order valence-corrected chi connectivity index (χ4v) is 5.67. The van der Waals surface area contributed by atoms with E-state index in [9.17, 15) is 18.5 Å². The second kappa shape index (κ2) is 10.0. The number of hydrogen-bond acceptors (Lipinski definition) is 7. The molecule has 11 heteroatoms. The molecule has 0 radical (unpaired) electrons. The van der Waals surface area contributed by atoms with E-state index in [-0.39, 0.29) is 5.75 Å². The number of nitro groups is 1. The molecule has 2 rings (SSSR count). The highest BCUT2D eigenvalue weighted by Crippen LogP contribution is 2.35. The van der Waals surface area contributed by atoms with Crippen molar-refractivity contribution in [2.24, 2.45) is 5.92 Å². The highest BCUT2D eigenvalue weighted by Gasteiger charge is 2.43. The van der Waals surface area contributed by atoms with Crippen LogP contribution < -0.4 is 9.08 Å². The number of thioether (sulfide) groups is 1. The van der Waals surface area contributed by atoms with Crippen LogP contribution in [0.1, 0.15) is 12.5 Å². The molecule has 0 fully saturated rings. The number of alkyl halides is 2. The molecular weight excluding hydrogens is 447 g/mol. The third-order valence-corrected chi connectivity index (χ3v) is 7.55. The Labute approximate surface area is 179 Å². The van der Waals surface area contributed by atoms with E-state index in [1.54, 1.807) is 29.7 Å². The summed E-state index contributed by atoms with van der Waals surface area (Å²) in [5, 5.41) is 10.6. The Balaban J connectivity index is 2.19. The first-order valence-corrected chi connectivity index (χ1v) is 12.1. The topological polar surface area (TPSA) is 89.8 Å². The van der Waals surface area contributed by atoms with Gasteiger partial charge in [-0.25, -0.2) is 0 Å². The van der Waals surface area contributed by atoms with Crippen molar-refractivity contribution in [2.45, 2.75) is 24.5 Å². The fourth-order valence-electron chi connectivity index (χ4n) is 2.97. The van der Waals surface area contributed by atoms with Gasteiger partial charge in [0.05, 0.1) is 5.92 Å². The number of hydrogen-bond donors (Lipinski definition) is 0. The second-order valence-electron chi connectivity index (χ2n) is 6.31. The average molecular weight is 469 g/mol. The lowest BCUT2D eigenvalue weighted by Gasteiger charge is -2.25. The largest absolute Gasteiger partial charge is 0.382 e. The molecule has 1 heterocycles. The standard InChI is InChI=1S/C17H22Cl2N2O5S2/c1-12-11-14(3-4-16(12)20(8-6-18)9-7-19)26-28(24,25)13(2)15-5-10-27-17(15)21(22)23/h3-5,10-11,13,15,17H,6-9H2,1-2H3. The molecule has 1 aromatic rings. The second-order valence-corrected chi connectivity index (χ2v) is 9.99. The zero-order valence-electron chi connectivity index (χ0n) is 15.5. The number of rotatable bonds is 10. The summed E-state index contributed by atoms with van der Waals surface area (Å²) >= 11 is 12.7. The van der Waals surface area contributed by atoms with Crippen LogP contribution in [0, 0.1) is 23.0 Å². The number of nitrogens with zero attached hydrogens (tertiary/aromatic N) is 2. The van der Waals surface area contributed by atoms with E-state index < -0.39 is 31.6 Å². The van der Waals surface area contributed by atoms with Gasteiger partial charge in [-0.05, 0) is 43.0 Å². The summed E-state index contributed by atoms with van der Waals surface area (Å²) < 4.78 is 30.6. The molecule has 0 spiro atoms. The van der Waals surface area contributed by atoms with Crippen LogP contribution >= 0.6 is 35.0 Å². The average Bonchev–Trinajstić information content (AvgIpc) is 3.10. The summed E-state index contributed by atoms with van der Waals surface area (Å²) in [4.78, 5) is 12.7. The van der Waals surface area contributed by atoms with Crippen molar-refractivity contribution >= 4 is 50.8 Å². The molecule has 1 aliphatic heterocycles. The summed E-state index contributed by atoms with van der Waals surface area (Å²) in [6.07, 6.45) is 1.55. The summed E-state index contributed by atoms with van der Waals surface area (Å²) in [7, 11) is -4.06. The van der Waals surface area contributed by atoms with Crippen molar-refractivity contribution in [3.05, 3.63) is 45.4 Å². The third kappa shape index (κ3) is 5.46. The van der Waals surface area contributed by atoms with Gasteiger partial charge in [-0.15, -0.1) is 23.2 Å². The molecule has 3 unspecified atom stereocenters. The Bertz CT molecular complexity index is 829. The molecule has 0 amide bonds. The maximum atomic E-state index is 12.7. The Morgan fingerprint density at radius 1 is 1.32 bits per heavy atom. The van der Waals surface area contributed by atoms with E-state index in [1.165, 1.54) is 6.92 Å². The first-order valence-electron chi connectivity index (χ1n) is 8.57. The SMILES string of the molecule is Cc1cc(OS(=O)(=O)C(C)C2C=CSC2[N+](=O)[O-])ccc1N(CCCl)CCCl. The van der Waals surface area contributed by atoms with Crippen molar-refractivity contribution in [1.82, 2.24) is 0 Å². The van der Waals surface area contributed by atoms with Crippen molar-refractivity contribution in [2.75, 3.05) is 29.7 Å². The minimum Gasteiger partial charge on any atom is -0.382 e. The van der Waals surface area contributed by atoms with Crippen LogP contribution in [0.5, 0.6) is 5.75 Å². The first kappa shape index (κ1) is 23.1. The van der Waals surface area contributed by atoms with Crippen LogP contribution in [-0.2, 0) is 10.1 Å². The van der Waals surface area contributed by atoms with Crippen molar-refractivity contribution < 1.29 is 17.5 Å². The van der Waals surface area contributed by atoms with E-state index in [0.717, 1.165) is 23.0 Å². The van der Waals surface area contributed by atoms with Gasteiger partial charge in [0.15, 0.2) is 0 Å². The molecule has 3 atom stereocenters. The number of benzene rings is 1. The predicted molar refractivity (Wildman–Crippen MR) is 115 cm³/mol. The van der Waals surface area contributed by atoms with Gasteiger partial charge < -0.3 is 9.08 Å².